The Morgan fingerprint density at radius 3 is 0.733 bits per heavy atom. The van der Waals surface area contributed by atoms with Crippen molar-refractivity contribution >= 4 is 37.7 Å². The van der Waals surface area contributed by atoms with E-state index in [0.717, 1.165) is 0 Å². The molecular formula is H23CaNO13. The van der Waals surface area contributed by atoms with E-state index in [1.165, 1.54) is 0 Å². The average Bonchev–Trinajstić information content (AvgIpc) is 0.811. The van der Waals surface area contributed by atoms with Gasteiger partial charge in [-0.3, -0.25) is 0 Å². The van der Waals surface area contributed by atoms with Crippen molar-refractivity contribution in [3.05, 3.63) is 10.1 Å². The second-order valence-electron chi connectivity index (χ2n) is 0.238. The molecule has 14 nitrogen and oxygen atoms in total. The molecule has 0 aromatic heterocycles. The maximum atomic E-state index is 8.36. The molecule has 15 heteroatoms. The third kappa shape index (κ3) is 573000. The summed E-state index contributed by atoms with van der Waals surface area (Å²) in [5.74, 6) is 0. The van der Waals surface area contributed by atoms with Crippen LogP contribution in [-0.4, -0.2) is 103 Å². The molecule has 0 unspecified atom stereocenters. The maximum absolute atomic E-state index is 8.36. The molecule has 0 rings (SSSR count). The van der Waals surface area contributed by atoms with E-state index in [1.807, 2.05) is 0 Å². The Kier molecular flexibility index (Phi) is 5430. The van der Waals surface area contributed by atoms with Crippen molar-refractivity contribution < 1.29 is 67.9 Å². The summed E-state index contributed by atoms with van der Waals surface area (Å²) in [6.07, 6.45) is 0. The van der Waals surface area contributed by atoms with E-state index in [2.05, 4.69) is 0 Å². The summed E-state index contributed by atoms with van der Waals surface area (Å²) < 4.78 is 0. The summed E-state index contributed by atoms with van der Waals surface area (Å²) in [6.45, 7) is 0. The third-order valence-electron chi connectivity index (χ3n) is 0. The second-order valence-corrected chi connectivity index (χ2v) is 0.238. The summed E-state index contributed by atoms with van der Waals surface area (Å²) in [5.41, 5.74) is 0. The quantitative estimate of drug-likeness (QED) is 0.257. The van der Waals surface area contributed by atoms with Gasteiger partial charge in [0, 0.05) is 0 Å². The van der Waals surface area contributed by atoms with Crippen LogP contribution in [0.15, 0.2) is 0 Å². The van der Waals surface area contributed by atoms with Gasteiger partial charge in [-0.05, 0) is 0 Å². The standard InChI is InChI=1S/Ca.HNO3.10H2O.2H/c;2-1(3)4;;;;;;;;;;;;/h;(H,2,3,4);10*1H2;;/q+2;;;;;;;;;;;;2*-1. The molecule has 0 radical (unpaired) electrons. The maximum Gasteiger partial charge on any atom is 2.00 e. The molecule has 0 atom stereocenters. The van der Waals surface area contributed by atoms with Crippen LogP contribution in [0.3, 0.4) is 0 Å². The Bertz CT molecular complexity index is 42.4. The van der Waals surface area contributed by atoms with Gasteiger partial charge in [-0.15, -0.1) is 10.1 Å². The van der Waals surface area contributed by atoms with E-state index in [9.17, 15) is 0 Å². The van der Waals surface area contributed by atoms with Gasteiger partial charge in [0.15, 0.2) is 0 Å². The molecule has 0 bridgehead atoms. The van der Waals surface area contributed by atoms with Crippen LogP contribution in [0.5, 0.6) is 0 Å². The van der Waals surface area contributed by atoms with E-state index < -0.39 is 5.09 Å². The Morgan fingerprint density at radius 1 is 0.733 bits per heavy atom. The summed E-state index contributed by atoms with van der Waals surface area (Å²) in [7, 11) is 0. The molecule has 0 aliphatic heterocycles. The Balaban J connectivity index is -0.000000000577. The topological polar surface area (TPSA) is 378 Å². The van der Waals surface area contributed by atoms with Crippen molar-refractivity contribution in [2.45, 2.75) is 0 Å². The normalized spacial score (nSPS) is 1.60. The first kappa shape index (κ1) is 318. The van der Waals surface area contributed by atoms with Crippen LogP contribution in [0.2, 0.25) is 0 Å². The van der Waals surface area contributed by atoms with Crippen LogP contribution in [0.25, 0.3) is 0 Å². The van der Waals surface area contributed by atoms with Gasteiger partial charge in [-0.1, -0.05) is 0 Å². The second kappa shape index (κ2) is 256. The molecular weight excluding hydrogens is 262 g/mol. The van der Waals surface area contributed by atoms with Gasteiger partial charge in [0.25, 0.3) is 5.09 Å². The molecule has 0 aliphatic rings. The van der Waals surface area contributed by atoms with Crippen molar-refractivity contribution in [1.82, 2.24) is 0 Å². The van der Waals surface area contributed by atoms with Crippen molar-refractivity contribution in [2.24, 2.45) is 0 Å². The monoisotopic (exact) mass is 285 g/mol. The van der Waals surface area contributed by atoms with Crippen LogP contribution in [0.1, 0.15) is 2.85 Å². The van der Waals surface area contributed by atoms with Gasteiger partial charge in [-0.2, -0.15) is 0 Å². The Hall–Kier alpha value is 0.0597. The van der Waals surface area contributed by atoms with Gasteiger partial charge in [0.2, 0.25) is 0 Å². The predicted molar refractivity (Wildman–Crippen MR) is 52.9 cm³/mol. The van der Waals surface area contributed by atoms with E-state index in [-0.39, 0.29) is 95.4 Å². The summed E-state index contributed by atoms with van der Waals surface area (Å²) in [6, 6.07) is 0. The fraction of sp³-hybridized carbons (Fsp3) is 0. The van der Waals surface area contributed by atoms with E-state index >= 15 is 0 Å². The predicted octanol–water partition coefficient (Wildman–Crippen LogP) is -8.75. The fourth-order valence-corrected chi connectivity index (χ4v) is 0. The zero-order chi connectivity index (χ0) is 3.58. The van der Waals surface area contributed by atoms with Crippen LogP contribution >= 0.6 is 0 Å². The Labute approximate surface area is 116 Å². The first-order valence-electron chi connectivity index (χ1n) is 0.565. The molecule has 0 amide bonds. The fourth-order valence-electron chi connectivity index (χ4n) is 0. The molecule has 0 fully saturated rings. The minimum Gasteiger partial charge on any atom is -1.00 e. The molecule has 0 saturated carbocycles. The zero-order valence-corrected chi connectivity index (χ0v) is 9.63. The molecule has 15 heavy (non-hydrogen) atoms. The largest absolute Gasteiger partial charge is 2.00 e. The van der Waals surface area contributed by atoms with Gasteiger partial charge < -0.3 is 62.8 Å². The summed E-state index contributed by atoms with van der Waals surface area (Å²) >= 11 is 0. The third-order valence-corrected chi connectivity index (χ3v) is 0. The number of nitrogens with zero attached hydrogens (tertiary/aromatic N) is 1. The van der Waals surface area contributed by atoms with Crippen LogP contribution in [0, 0.1) is 10.1 Å². The summed E-state index contributed by atoms with van der Waals surface area (Å²) in [4.78, 5) is 8.36. The van der Waals surface area contributed by atoms with Crippen LogP contribution < -0.4 is 0 Å². The molecule has 0 aromatic rings. The van der Waals surface area contributed by atoms with E-state index in [1.54, 1.807) is 0 Å². The Morgan fingerprint density at radius 2 is 0.733 bits per heavy atom. The number of hydrogen-bond acceptors (Lipinski definition) is 2. The van der Waals surface area contributed by atoms with Gasteiger partial charge in [0.05, 0.1) is 0 Å². The SMILES string of the molecule is O.O.O.O.O.O.O.O.O.O.O=[N+]([O-])O.[Ca+2].[H-].[H-]. The minimum absolute atomic E-state index is 0. The van der Waals surface area contributed by atoms with E-state index in [0.29, 0.717) is 0 Å². The molecule has 0 aromatic carbocycles. The van der Waals surface area contributed by atoms with Crippen molar-refractivity contribution in [3.8, 4) is 0 Å². The summed E-state index contributed by atoms with van der Waals surface area (Å²) in [5, 5.41) is 13.6. The average molecular weight is 285 g/mol. The molecule has 0 saturated heterocycles. The smallest absolute Gasteiger partial charge is 1.00 e. The number of rotatable bonds is 0. The van der Waals surface area contributed by atoms with Crippen LogP contribution in [0.4, 0.5) is 0 Å². The van der Waals surface area contributed by atoms with E-state index in [4.69, 9.17) is 15.3 Å². The molecule has 21 N–H and O–H groups in total. The van der Waals surface area contributed by atoms with Gasteiger partial charge in [0.1, 0.15) is 0 Å². The minimum atomic E-state index is -1.50. The zero-order valence-electron chi connectivity index (χ0n) is 9.42. The molecule has 0 heterocycles. The van der Waals surface area contributed by atoms with Gasteiger partial charge in [-0.25, -0.2) is 0 Å². The number of hydrogen-bond donors (Lipinski definition) is 1. The van der Waals surface area contributed by atoms with Crippen LogP contribution in [-0.2, 0) is 0 Å². The molecule has 0 aliphatic carbocycles. The first-order chi connectivity index (χ1) is 1.73. The van der Waals surface area contributed by atoms with Crippen molar-refractivity contribution in [3.63, 3.8) is 0 Å². The van der Waals surface area contributed by atoms with Crippen molar-refractivity contribution in [2.75, 3.05) is 0 Å². The van der Waals surface area contributed by atoms with Gasteiger partial charge >= 0.3 is 37.7 Å². The van der Waals surface area contributed by atoms with Crippen molar-refractivity contribution in [1.29, 1.82) is 0 Å². The first-order valence-corrected chi connectivity index (χ1v) is 0.565. The molecule has 108 valence electrons. The molecule has 0 spiro atoms.